The quantitative estimate of drug-likeness (QED) is 0.923. The summed E-state index contributed by atoms with van der Waals surface area (Å²) in [4.78, 5) is 14.7. The van der Waals surface area contributed by atoms with Crippen LogP contribution in [0.1, 0.15) is 63.2 Å². The van der Waals surface area contributed by atoms with Gasteiger partial charge in [-0.25, -0.2) is 0 Å². The Bertz CT molecular complexity index is 490. The normalized spacial score (nSPS) is 27.3. The van der Waals surface area contributed by atoms with E-state index in [-0.39, 0.29) is 18.1 Å². The van der Waals surface area contributed by atoms with Gasteiger partial charge in [-0.3, -0.25) is 10.1 Å². The molecule has 1 aliphatic heterocycles. The lowest BCUT2D eigenvalue weighted by Gasteiger charge is -2.35. The van der Waals surface area contributed by atoms with E-state index in [0.29, 0.717) is 6.04 Å². The van der Waals surface area contributed by atoms with Gasteiger partial charge >= 0.3 is 0 Å². The molecule has 1 aromatic carbocycles. The third kappa shape index (κ3) is 2.84. The zero-order chi connectivity index (χ0) is 14.8. The molecule has 2 fully saturated rings. The van der Waals surface area contributed by atoms with Crippen molar-refractivity contribution in [3.63, 3.8) is 0 Å². The highest BCUT2D eigenvalue weighted by Crippen LogP contribution is 2.33. The van der Waals surface area contributed by atoms with Gasteiger partial charge in [0.15, 0.2) is 0 Å². The van der Waals surface area contributed by atoms with Crippen molar-refractivity contribution < 1.29 is 4.79 Å². The van der Waals surface area contributed by atoms with Gasteiger partial charge in [-0.2, -0.15) is 0 Å². The van der Waals surface area contributed by atoms with Gasteiger partial charge in [-0.15, -0.1) is 0 Å². The molecule has 2 unspecified atom stereocenters. The van der Waals surface area contributed by atoms with E-state index in [1.807, 2.05) is 6.92 Å². The average molecular weight is 286 g/mol. The minimum atomic E-state index is -0.0669. The maximum Gasteiger partial charge on any atom is 0.241 e. The number of nitrogens with zero attached hydrogens (tertiary/aromatic N) is 1. The molecule has 2 aliphatic rings. The zero-order valence-corrected chi connectivity index (χ0v) is 13.1. The van der Waals surface area contributed by atoms with Crippen LogP contribution in [-0.4, -0.2) is 22.9 Å². The van der Waals surface area contributed by atoms with Crippen LogP contribution in [0, 0.1) is 0 Å². The summed E-state index contributed by atoms with van der Waals surface area (Å²) in [5.74, 6) is 0.270. The zero-order valence-electron chi connectivity index (χ0n) is 13.1. The fourth-order valence-corrected chi connectivity index (χ4v) is 3.68. The molecule has 0 aromatic heterocycles. The van der Waals surface area contributed by atoms with Crippen LogP contribution >= 0.6 is 0 Å². The standard InChI is InChI=1S/C18H26N2O/c1-3-14-9-11-15(12-10-14)17-19-13(2)18(21)20(17)16-7-5-4-6-8-16/h9-13,16-17,19H,3-8H2,1-2H3. The van der Waals surface area contributed by atoms with Gasteiger partial charge in [0.1, 0.15) is 6.17 Å². The van der Waals surface area contributed by atoms with Gasteiger partial charge in [0, 0.05) is 6.04 Å². The number of carbonyl (C=O) groups is 1. The van der Waals surface area contributed by atoms with Crippen LogP contribution in [0.2, 0.25) is 0 Å². The van der Waals surface area contributed by atoms with Crippen LogP contribution in [0.4, 0.5) is 0 Å². The van der Waals surface area contributed by atoms with Gasteiger partial charge in [-0.05, 0) is 37.3 Å². The van der Waals surface area contributed by atoms with Crippen molar-refractivity contribution in [3.8, 4) is 0 Å². The van der Waals surface area contributed by atoms with Crippen LogP contribution in [0.15, 0.2) is 24.3 Å². The Balaban J connectivity index is 1.85. The lowest BCUT2D eigenvalue weighted by atomic mass is 9.93. The number of hydrogen-bond acceptors (Lipinski definition) is 2. The molecule has 1 aromatic rings. The van der Waals surface area contributed by atoms with Crippen LogP contribution < -0.4 is 5.32 Å². The summed E-state index contributed by atoms with van der Waals surface area (Å²) in [5.41, 5.74) is 2.57. The Morgan fingerprint density at radius 3 is 2.43 bits per heavy atom. The predicted molar refractivity (Wildman–Crippen MR) is 84.9 cm³/mol. The van der Waals surface area contributed by atoms with E-state index in [1.54, 1.807) is 0 Å². The van der Waals surface area contributed by atoms with Crippen LogP contribution in [-0.2, 0) is 11.2 Å². The Morgan fingerprint density at radius 1 is 1.14 bits per heavy atom. The SMILES string of the molecule is CCc1ccc(C2NC(C)C(=O)N2C2CCCCC2)cc1. The van der Waals surface area contributed by atoms with E-state index >= 15 is 0 Å². The summed E-state index contributed by atoms with van der Waals surface area (Å²) < 4.78 is 0. The predicted octanol–water partition coefficient (Wildman–Crippen LogP) is 3.40. The smallest absolute Gasteiger partial charge is 0.241 e. The highest BCUT2D eigenvalue weighted by atomic mass is 16.2. The van der Waals surface area contributed by atoms with Crippen molar-refractivity contribution in [1.82, 2.24) is 10.2 Å². The molecule has 0 spiro atoms. The molecule has 1 heterocycles. The van der Waals surface area contributed by atoms with Gasteiger partial charge in [-0.1, -0.05) is 50.5 Å². The van der Waals surface area contributed by atoms with E-state index in [0.717, 1.165) is 19.3 Å². The minimum absolute atomic E-state index is 0.0570. The molecule has 0 bridgehead atoms. The lowest BCUT2D eigenvalue weighted by Crippen LogP contribution is -2.41. The van der Waals surface area contributed by atoms with E-state index in [4.69, 9.17) is 0 Å². The number of aryl methyl sites for hydroxylation is 1. The molecule has 0 radical (unpaired) electrons. The molecular formula is C18H26N2O. The number of amides is 1. The number of nitrogens with one attached hydrogen (secondary N) is 1. The summed E-state index contributed by atoms with van der Waals surface area (Å²) in [5, 5.41) is 3.48. The Kier molecular flexibility index (Phi) is 4.29. The molecule has 3 heteroatoms. The number of carbonyl (C=O) groups excluding carboxylic acids is 1. The molecule has 1 saturated carbocycles. The first-order valence-electron chi connectivity index (χ1n) is 8.37. The second-order valence-electron chi connectivity index (χ2n) is 6.42. The summed E-state index contributed by atoms with van der Waals surface area (Å²) >= 11 is 0. The maximum atomic E-state index is 12.6. The largest absolute Gasteiger partial charge is 0.319 e. The lowest BCUT2D eigenvalue weighted by molar-refractivity contribution is -0.132. The fourth-order valence-electron chi connectivity index (χ4n) is 3.68. The van der Waals surface area contributed by atoms with Crippen LogP contribution in [0.3, 0.4) is 0 Å². The first-order chi connectivity index (χ1) is 10.2. The van der Waals surface area contributed by atoms with Gasteiger partial charge < -0.3 is 4.90 Å². The fraction of sp³-hybridized carbons (Fsp3) is 0.611. The second-order valence-corrected chi connectivity index (χ2v) is 6.42. The van der Waals surface area contributed by atoms with Crippen molar-refractivity contribution in [1.29, 1.82) is 0 Å². The van der Waals surface area contributed by atoms with E-state index in [2.05, 4.69) is 41.4 Å². The highest BCUT2D eigenvalue weighted by molar-refractivity contribution is 5.84. The summed E-state index contributed by atoms with van der Waals surface area (Å²) in [6.07, 6.45) is 7.25. The van der Waals surface area contributed by atoms with E-state index in [9.17, 15) is 4.79 Å². The van der Waals surface area contributed by atoms with Crippen LogP contribution in [0.25, 0.3) is 0 Å². The Labute approximate surface area is 127 Å². The monoisotopic (exact) mass is 286 g/mol. The molecule has 21 heavy (non-hydrogen) atoms. The average Bonchev–Trinajstić information content (AvgIpc) is 2.84. The van der Waals surface area contributed by atoms with Crippen molar-refractivity contribution >= 4 is 5.91 Å². The number of benzene rings is 1. The van der Waals surface area contributed by atoms with Crippen molar-refractivity contribution in [2.75, 3.05) is 0 Å². The minimum Gasteiger partial charge on any atom is -0.319 e. The number of hydrogen-bond donors (Lipinski definition) is 1. The van der Waals surface area contributed by atoms with Crippen molar-refractivity contribution in [3.05, 3.63) is 35.4 Å². The van der Waals surface area contributed by atoms with E-state index < -0.39 is 0 Å². The molecule has 1 amide bonds. The topological polar surface area (TPSA) is 32.3 Å². The molecular weight excluding hydrogens is 260 g/mol. The third-order valence-electron chi connectivity index (χ3n) is 4.98. The highest BCUT2D eigenvalue weighted by Gasteiger charge is 2.41. The van der Waals surface area contributed by atoms with E-state index in [1.165, 1.54) is 30.4 Å². The first kappa shape index (κ1) is 14.6. The van der Waals surface area contributed by atoms with Crippen molar-refractivity contribution in [2.45, 2.75) is 70.6 Å². The Morgan fingerprint density at radius 2 is 1.81 bits per heavy atom. The summed E-state index contributed by atoms with van der Waals surface area (Å²) in [7, 11) is 0. The molecule has 1 N–H and O–H groups in total. The van der Waals surface area contributed by atoms with Crippen LogP contribution in [0.5, 0.6) is 0 Å². The van der Waals surface area contributed by atoms with Gasteiger partial charge in [0.25, 0.3) is 0 Å². The van der Waals surface area contributed by atoms with Gasteiger partial charge in [0.05, 0.1) is 6.04 Å². The molecule has 1 aliphatic carbocycles. The maximum absolute atomic E-state index is 12.6. The first-order valence-corrected chi connectivity index (χ1v) is 8.37. The molecule has 3 nitrogen and oxygen atoms in total. The number of rotatable bonds is 3. The summed E-state index contributed by atoms with van der Waals surface area (Å²) in [6, 6.07) is 9.07. The Hall–Kier alpha value is -1.35. The van der Waals surface area contributed by atoms with Gasteiger partial charge in [0.2, 0.25) is 5.91 Å². The molecule has 3 rings (SSSR count). The molecule has 2 atom stereocenters. The molecule has 1 saturated heterocycles. The second kappa shape index (κ2) is 6.18. The summed E-state index contributed by atoms with van der Waals surface area (Å²) in [6.45, 7) is 4.15. The molecule has 114 valence electrons. The third-order valence-corrected chi connectivity index (χ3v) is 4.98. The van der Waals surface area contributed by atoms with Crippen molar-refractivity contribution in [2.24, 2.45) is 0 Å².